The van der Waals surface area contributed by atoms with E-state index in [0.717, 1.165) is 4.90 Å². The fourth-order valence-electron chi connectivity index (χ4n) is 1.50. The first-order valence-corrected chi connectivity index (χ1v) is 7.58. The summed E-state index contributed by atoms with van der Waals surface area (Å²) >= 11 is 2.56. The van der Waals surface area contributed by atoms with Gasteiger partial charge in [0.25, 0.3) is 0 Å². The highest BCUT2D eigenvalue weighted by Crippen LogP contribution is 2.41. The monoisotopic (exact) mass is 312 g/mol. The van der Waals surface area contributed by atoms with Gasteiger partial charge in [0.15, 0.2) is 5.78 Å². The fourth-order valence-corrected chi connectivity index (χ4v) is 3.46. The summed E-state index contributed by atoms with van der Waals surface area (Å²) in [6.45, 7) is 1.62. The van der Waals surface area contributed by atoms with E-state index in [-0.39, 0.29) is 18.7 Å². The first-order chi connectivity index (χ1) is 8.76. The van der Waals surface area contributed by atoms with Crippen molar-refractivity contribution in [2.75, 3.05) is 23.9 Å². The second-order valence-corrected chi connectivity index (χ2v) is 5.75. The van der Waals surface area contributed by atoms with Gasteiger partial charge in [-0.3, -0.25) is 4.79 Å². The molecule has 1 heterocycles. The molecule has 19 heavy (non-hydrogen) atoms. The van der Waals surface area contributed by atoms with Crippen molar-refractivity contribution in [1.29, 1.82) is 0 Å². The van der Waals surface area contributed by atoms with Crippen molar-refractivity contribution < 1.29 is 18.0 Å². The number of halogens is 3. The summed E-state index contributed by atoms with van der Waals surface area (Å²) in [7, 11) is 0. The number of carbonyl (C=O) groups excluding carboxylic acids is 1. The van der Waals surface area contributed by atoms with Crippen LogP contribution in [0.2, 0.25) is 0 Å². The number of anilines is 2. The molecule has 108 valence electrons. The van der Waals surface area contributed by atoms with Crippen LogP contribution in [0.25, 0.3) is 0 Å². The Hall–Kier alpha value is -0.890. The number of Topliss-reactive ketones (excluding diaryl/α,β-unsaturated/α-hetero) is 1. The number of thiophene rings is 1. The zero-order valence-electron chi connectivity index (χ0n) is 10.6. The van der Waals surface area contributed by atoms with Crippen molar-refractivity contribution in [3.63, 3.8) is 0 Å². The van der Waals surface area contributed by atoms with Gasteiger partial charge >= 0.3 is 6.18 Å². The highest BCUT2D eigenvalue weighted by molar-refractivity contribution is 7.99. The highest BCUT2D eigenvalue weighted by atomic mass is 32.2. The normalized spacial score (nSPS) is 11.6. The first kappa shape index (κ1) is 16.2. The Morgan fingerprint density at radius 3 is 2.58 bits per heavy atom. The summed E-state index contributed by atoms with van der Waals surface area (Å²) in [6.07, 6.45) is -3.16. The Morgan fingerprint density at radius 2 is 2.11 bits per heavy atom. The lowest BCUT2D eigenvalue weighted by molar-refractivity contribution is -0.134. The van der Waals surface area contributed by atoms with Gasteiger partial charge in [0.1, 0.15) is 5.00 Å². The largest absolute Gasteiger partial charge is 0.396 e. The van der Waals surface area contributed by atoms with Gasteiger partial charge in [-0.05, 0) is 12.7 Å². The van der Waals surface area contributed by atoms with E-state index in [1.807, 2.05) is 6.26 Å². The van der Waals surface area contributed by atoms with Crippen LogP contribution in [0.15, 0.2) is 4.90 Å². The number of hydrogen-bond donors (Lipinski definition) is 2. The van der Waals surface area contributed by atoms with E-state index in [0.29, 0.717) is 15.6 Å². The van der Waals surface area contributed by atoms with Gasteiger partial charge in [-0.15, -0.1) is 23.1 Å². The molecule has 0 unspecified atom stereocenters. The van der Waals surface area contributed by atoms with Crippen LogP contribution < -0.4 is 11.1 Å². The van der Waals surface area contributed by atoms with Crippen LogP contribution in [0.3, 0.4) is 0 Å². The Balaban J connectivity index is 2.68. The predicted octanol–water partition coefficient (Wildman–Crippen LogP) is 4.01. The lowest BCUT2D eigenvalue weighted by Gasteiger charge is -2.08. The SMILES string of the molecule is CSc1c(NCCCC(F)(F)F)sc(C(C)=O)c1N. The summed E-state index contributed by atoms with van der Waals surface area (Å²) in [5, 5.41) is 3.58. The van der Waals surface area contributed by atoms with Crippen molar-refractivity contribution >= 4 is 39.6 Å². The van der Waals surface area contributed by atoms with Crippen molar-refractivity contribution in [3.05, 3.63) is 4.88 Å². The second kappa shape index (κ2) is 6.51. The van der Waals surface area contributed by atoms with E-state index in [4.69, 9.17) is 5.73 Å². The third-order valence-electron chi connectivity index (χ3n) is 2.35. The van der Waals surface area contributed by atoms with Gasteiger partial charge in [0.05, 0.1) is 15.5 Å². The van der Waals surface area contributed by atoms with Crippen molar-refractivity contribution in [2.24, 2.45) is 0 Å². The van der Waals surface area contributed by atoms with Crippen LogP contribution >= 0.6 is 23.1 Å². The van der Waals surface area contributed by atoms with E-state index in [9.17, 15) is 18.0 Å². The van der Waals surface area contributed by atoms with E-state index in [1.165, 1.54) is 30.0 Å². The van der Waals surface area contributed by atoms with E-state index >= 15 is 0 Å². The van der Waals surface area contributed by atoms with Crippen molar-refractivity contribution in [3.8, 4) is 0 Å². The molecule has 1 rings (SSSR count). The minimum Gasteiger partial charge on any atom is -0.396 e. The van der Waals surface area contributed by atoms with Gasteiger partial charge in [-0.1, -0.05) is 0 Å². The molecule has 0 radical (unpaired) electrons. The molecule has 0 aliphatic rings. The topological polar surface area (TPSA) is 55.1 Å². The second-order valence-electron chi connectivity index (χ2n) is 3.91. The molecule has 0 spiro atoms. The summed E-state index contributed by atoms with van der Waals surface area (Å²) in [5.74, 6) is -0.138. The number of thioether (sulfide) groups is 1. The average Bonchev–Trinajstić information content (AvgIpc) is 2.60. The third-order valence-corrected chi connectivity index (χ3v) is 4.57. The smallest absolute Gasteiger partial charge is 0.389 e. The van der Waals surface area contributed by atoms with Gasteiger partial charge < -0.3 is 11.1 Å². The van der Waals surface area contributed by atoms with Gasteiger partial charge in [-0.25, -0.2) is 0 Å². The van der Waals surface area contributed by atoms with Crippen LogP contribution in [0.1, 0.15) is 29.4 Å². The maximum atomic E-state index is 12.0. The zero-order chi connectivity index (χ0) is 14.6. The van der Waals surface area contributed by atoms with Crippen molar-refractivity contribution in [2.45, 2.75) is 30.8 Å². The number of nitrogens with two attached hydrogens (primary N) is 1. The molecule has 0 bridgehead atoms. The molecule has 1 aromatic rings. The van der Waals surface area contributed by atoms with E-state index in [1.54, 1.807) is 0 Å². The summed E-state index contributed by atoms with van der Waals surface area (Å²) in [5.41, 5.74) is 6.24. The molecule has 3 nitrogen and oxygen atoms in total. The summed E-state index contributed by atoms with van der Waals surface area (Å²) in [4.78, 5) is 12.5. The molecule has 0 saturated carbocycles. The minimum atomic E-state index is -4.14. The number of hydrogen-bond acceptors (Lipinski definition) is 5. The van der Waals surface area contributed by atoms with Gasteiger partial charge in [0.2, 0.25) is 0 Å². The molecule has 0 aliphatic heterocycles. The summed E-state index contributed by atoms with van der Waals surface area (Å²) in [6, 6.07) is 0. The number of ketones is 1. The lowest BCUT2D eigenvalue weighted by Crippen LogP contribution is -2.10. The highest BCUT2D eigenvalue weighted by Gasteiger charge is 2.26. The lowest BCUT2D eigenvalue weighted by atomic mass is 10.3. The van der Waals surface area contributed by atoms with E-state index in [2.05, 4.69) is 5.32 Å². The molecule has 8 heteroatoms. The number of carbonyl (C=O) groups is 1. The molecule has 1 aromatic heterocycles. The van der Waals surface area contributed by atoms with Gasteiger partial charge in [-0.2, -0.15) is 13.2 Å². The maximum Gasteiger partial charge on any atom is 0.389 e. The average molecular weight is 312 g/mol. The molecule has 0 fully saturated rings. The van der Waals surface area contributed by atoms with E-state index < -0.39 is 12.6 Å². The van der Waals surface area contributed by atoms with Crippen molar-refractivity contribution in [1.82, 2.24) is 0 Å². The molecule has 0 aromatic carbocycles. The molecular weight excluding hydrogens is 297 g/mol. The maximum absolute atomic E-state index is 12.0. The van der Waals surface area contributed by atoms with Crippen LogP contribution in [0, 0.1) is 0 Å². The Morgan fingerprint density at radius 1 is 1.47 bits per heavy atom. The molecule has 0 aliphatic carbocycles. The van der Waals surface area contributed by atoms with Crippen LogP contribution in [-0.2, 0) is 0 Å². The Labute approximate surface area is 117 Å². The van der Waals surface area contributed by atoms with Crippen LogP contribution in [0.5, 0.6) is 0 Å². The molecule has 0 amide bonds. The minimum absolute atomic E-state index is 0.00939. The molecular formula is C11H15F3N2OS2. The quantitative estimate of drug-likeness (QED) is 0.473. The Bertz CT molecular complexity index is 458. The fraction of sp³-hybridized carbons (Fsp3) is 0.545. The number of rotatable bonds is 6. The predicted molar refractivity (Wildman–Crippen MR) is 74.3 cm³/mol. The van der Waals surface area contributed by atoms with Gasteiger partial charge in [0, 0.05) is 19.9 Å². The zero-order valence-corrected chi connectivity index (χ0v) is 12.2. The number of nitrogens with one attached hydrogen (secondary N) is 1. The van der Waals surface area contributed by atoms with Crippen LogP contribution in [-0.4, -0.2) is 24.8 Å². The molecule has 0 saturated heterocycles. The molecule has 0 atom stereocenters. The summed E-state index contributed by atoms with van der Waals surface area (Å²) < 4.78 is 36.0. The third kappa shape index (κ3) is 4.61. The van der Waals surface area contributed by atoms with Crippen LogP contribution in [0.4, 0.5) is 23.9 Å². The number of nitrogen functional groups attached to an aromatic ring is 1. The first-order valence-electron chi connectivity index (χ1n) is 5.54. The standard InChI is InChI=1S/C11H15F3N2OS2/c1-6(17)8-7(15)9(18-2)10(19-8)16-5-3-4-11(12,13)14/h16H,3-5,15H2,1-2H3. The molecule has 3 N–H and O–H groups in total. The Kier molecular flexibility index (Phi) is 5.54. The number of alkyl halides is 3.